The highest BCUT2D eigenvalue weighted by molar-refractivity contribution is 5.75. The van der Waals surface area contributed by atoms with Crippen molar-refractivity contribution in [3.8, 4) is 0 Å². The minimum atomic E-state index is -0.617. The van der Waals surface area contributed by atoms with Crippen molar-refractivity contribution < 1.29 is 9.90 Å². The summed E-state index contributed by atoms with van der Waals surface area (Å²) < 4.78 is 0. The molecule has 1 aliphatic rings. The third-order valence-electron chi connectivity index (χ3n) is 2.73. The van der Waals surface area contributed by atoms with E-state index in [9.17, 15) is 4.79 Å². The highest BCUT2D eigenvalue weighted by Gasteiger charge is 2.42. The van der Waals surface area contributed by atoms with E-state index in [2.05, 4.69) is 4.90 Å². The Hall–Kier alpha value is -0.570. The van der Waals surface area contributed by atoms with Gasteiger partial charge < -0.3 is 10.0 Å². The van der Waals surface area contributed by atoms with Gasteiger partial charge in [-0.15, -0.1) is 0 Å². The van der Waals surface area contributed by atoms with Crippen molar-refractivity contribution in [2.24, 2.45) is 5.41 Å². The van der Waals surface area contributed by atoms with E-state index in [0.29, 0.717) is 0 Å². The fraction of sp³-hybridized carbons (Fsp3) is 0.889. The van der Waals surface area contributed by atoms with Gasteiger partial charge in [0.15, 0.2) is 0 Å². The van der Waals surface area contributed by atoms with Crippen LogP contribution in [0, 0.1) is 5.41 Å². The number of carbonyl (C=O) groups is 1. The monoisotopic (exact) mass is 171 g/mol. The molecule has 12 heavy (non-hydrogen) atoms. The molecule has 0 aromatic rings. The Balaban J connectivity index is 2.67. The van der Waals surface area contributed by atoms with Crippen LogP contribution in [0.25, 0.3) is 0 Å². The van der Waals surface area contributed by atoms with Crippen LogP contribution in [-0.4, -0.2) is 36.1 Å². The molecule has 1 atom stereocenters. The molecule has 1 unspecified atom stereocenters. The van der Waals surface area contributed by atoms with E-state index in [1.165, 1.54) is 0 Å². The van der Waals surface area contributed by atoms with Gasteiger partial charge in [0.25, 0.3) is 0 Å². The molecule has 0 bridgehead atoms. The first kappa shape index (κ1) is 9.52. The summed E-state index contributed by atoms with van der Waals surface area (Å²) >= 11 is 0. The maximum Gasteiger partial charge on any atom is 0.310 e. The molecule has 1 rings (SSSR count). The quantitative estimate of drug-likeness (QED) is 0.693. The maximum atomic E-state index is 11.0. The van der Waals surface area contributed by atoms with Crippen molar-refractivity contribution in [3.63, 3.8) is 0 Å². The van der Waals surface area contributed by atoms with E-state index >= 15 is 0 Å². The fourth-order valence-corrected chi connectivity index (χ4v) is 2.04. The molecule has 0 aromatic heterocycles. The van der Waals surface area contributed by atoms with Crippen molar-refractivity contribution in [3.05, 3.63) is 0 Å². The number of hydrogen-bond acceptors (Lipinski definition) is 2. The van der Waals surface area contributed by atoms with Crippen LogP contribution in [-0.2, 0) is 4.79 Å². The molecule has 1 N–H and O–H groups in total. The predicted octanol–water partition coefficient (Wildman–Crippen LogP) is 1.19. The first-order valence-electron chi connectivity index (χ1n) is 4.53. The minimum absolute atomic E-state index is 0.441. The Bertz CT molecular complexity index is 177. The van der Waals surface area contributed by atoms with E-state index < -0.39 is 11.4 Å². The smallest absolute Gasteiger partial charge is 0.310 e. The minimum Gasteiger partial charge on any atom is -0.481 e. The van der Waals surface area contributed by atoms with Gasteiger partial charge in [0.2, 0.25) is 0 Å². The van der Waals surface area contributed by atoms with Crippen LogP contribution >= 0.6 is 0 Å². The van der Waals surface area contributed by atoms with Crippen LogP contribution in [0.1, 0.15) is 26.2 Å². The number of likely N-dealkylation sites (tertiary alicyclic amines) is 1. The van der Waals surface area contributed by atoms with Crippen LogP contribution in [0.5, 0.6) is 0 Å². The molecule has 70 valence electrons. The Kier molecular flexibility index (Phi) is 2.73. The van der Waals surface area contributed by atoms with Crippen LogP contribution < -0.4 is 0 Å². The normalized spacial score (nSPS) is 30.8. The summed E-state index contributed by atoms with van der Waals surface area (Å²) in [5.74, 6) is -0.617. The highest BCUT2D eigenvalue weighted by atomic mass is 16.4. The third-order valence-corrected chi connectivity index (χ3v) is 2.73. The second-order valence-electron chi connectivity index (χ2n) is 3.82. The highest BCUT2D eigenvalue weighted by Crippen LogP contribution is 2.34. The summed E-state index contributed by atoms with van der Waals surface area (Å²) in [6.07, 6.45) is 2.58. The van der Waals surface area contributed by atoms with Crippen molar-refractivity contribution in [2.45, 2.75) is 26.2 Å². The van der Waals surface area contributed by atoms with E-state index in [1.54, 1.807) is 0 Å². The molecule has 1 fully saturated rings. The molecule has 0 aromatic carbocycles. The Morgan fingerprint density at radius 1 is 1.67 bits per heavy atom. The van der Waals surface area contributed by atoms with Crippen molar-refractivity contribution >= 4 is 5.97 Å². The Morgan fingerprint density at radius 3 is 2.67 bits per heavy atom. The van der Waals surface area contributed by atoms with Crippen molar-refractivity contribution in [2.75, 3.05) is 20.1 Å². The van der Waals surface area contributed by atoms with Gasteiger partial charge in [0.1, 0.15) is 0 Å². The van der Waals surface area contributed by atoms with Crippen LogP contribution in [0.2, 0.25) is 0 Å². The lowest BCUT2D eigenvalue weighted by molar-refractivity contribution is -0.148. The second-order valence-corrected chi connectivity index (χ2v) is 3.82. The second kappa shape index (κ2) is 3.44. The molecule has 3 heteroatoms. The van der Waals surface area contributed by atoms with Crippen LogP contribution in [0.4, 0.5) is 0 Å². The average molecular weight is 171 g/mol. The lowest BCUT2D eigenvalue weighted by Crippen LogP contribution is -2.33. The summed E-state index contributed by atoms with van der Waals surface area (Å²) in [5.41, 5.74) is -0.441. The van der Waals surface area contributed by atoms with E-state index in [-0.39, 0.29) is 0 Å². The van der Waals surface area contributed by atoms with Gasteiger partial charge in [-0.2, -0.15) is 0 Å². The van der Waals surface area contributed by atoms with Crippen LogP contribution in [0.15, 0.2) is 0 Å². The first-order chi connectivity index (χ1) is 5.60. The SMILES string of the molecule is CCCC1(C(=O)O)CCN(C)C1. The summed E-state index contributed by atoms with van der Waals surface area (Å²) in [7, 11) is 1.99. The van der Waals surface area contributed by atoms with Gasteiger partial charge in [-0.05, 0) is 26.4 Å². The standard InChI is InChI=1S/C9H17NO2/c1-3-4-9(8(11)12)5-6-10(2)7-9/h3-7H2,1-2H3,(H,11,12). The molecule has 0 saturated carbocycles. The van der Waals surface area contributed by atoms with Gasteiger partial charge in [-0.25, -0.2) is 0 Å². The predicted molar refractivity (Wildman–Crippen MR) is 47.1 cm³/mol. The van der Waals surface area contributed by atoms with Crippen molar-refractivity contribution in [1.29, 1.82) is 0 Å². The van der Waals surface area contributed by atoms with E-state index in [4.69, 9.17) is 5.11 Å². The van der Waals surface area contributed by atoms with E-state index in [0.717, 1.165) is 32.4 Å². The molecule has 0 spiro atoms. The number of carboxylic acid groups (broad SMARTS) is 1. The first-order valence-corrected chi connectivity index (χ1v) is 4.53. The van der Waals surface area contributed by atoms with E-state index in [1.807, 2.05) is 14.0 Å². The molecule has 0 aliphatic carbocycles. The lowest BCUT2D eigenvalue weighted by atomic mass is 9.83. The summed E-state index contributed by atoms with van der Waals surface area (Å²) in [6.45, 7) is 3.69. The molecular formula is C9H17NO2. The number of rotatable bonds is 3. The molecule has 3 nitrogen and oxygen atoms in total. The van der Waals surface area contributed by atoms with Gasteiger partial charge in [-0.3, -0.25) is 4.79 Å². The van der Waals surface area contributed by atoms with Gasteiger partial charge in [-0.1, -0.05) is 13.3 Å². The van der Waals surface area contributed by atoms with Gasteiger partial charge in [0, 0.05) is 6.54 Å². The molecule has 1 aliphatic heterocycles. The van der Waals surface area contributed by atoms with Crippen molar-refractivity contribution in [1.82, 2.24) is 4.90 Å². The van der Waals surface area contributed by atoms with Gasteiger partial charge >= 0.3 is 5.97 Å². The number of nitrogens with zero attached hydrogens (tertiary/aromatic N) is 1. The topological polar surface area (TPSA) is 40.5 Å². The molecule has 1 heterocycles. The number of aliphatic carboxylic acids is 1. The zero-order valence-electron chi connectivity index (χ0n) is 7.84. The zero-order valence-corrected chi connectivity index (χ0v) is 7.84. The number of carboxylic acids is 1. The molecule has 1 saturated heterocycles. The van der Waals surface area contributed by atoms with Gasteiger partial charge in [0.05, 0.1) is 5.41 Å². The molecule has 0 radical (unpaired) electrons. The Morgan fingerprint density at radius 2 is 2.33 bits per heavy atom. The fourth-order valence-electron chi connectivity index (χ4n) is 2.04. The molecular weight excluding hydrogens is 154 g/mol. The lowest BCUT2D eigenvalue weighted by Gasteiger charge is -2.22. The maximum absolute atomic E-state index is 11.0. The summed E-state index contributed by atoms with van der Waals surface area (Å²) in [4.78, 5) is 13.1. The zero-order chi connectivity index (χ0) is 9.19. The molecule has 0 amide bonds. The average Bonchev–Trinajstić information content (AvgIpc) is 2.34. The summed E-state index contributed by atoms with van der Waals surface area (Å²) in [5, 5.41) is 9.09. The third kappa shape index (κ3) is 1.61. The Labute approximate surface area is 73.4 Å². The van der Waals surface area contributed by atoms with Crippen LogP contribution in [0.3, 0.4) is 0 Å². The number of hydrogen-bond donors (Lipinski definition) is 1. The largest absolute Gasteiger partial charge is 0.481 e. The summed E-state index contributed by atoms with van der Waals surface area (Å²) in [6, 6.07) is 0.